The Labute approximate surface area is 143 Å². The van der Waals surface area contributed by atoms with E-state index in [4.69, 9.17) is 0 Å². The van der Waals surface area contributed by atoms with E-state index >= 15 is 0 Å². The Morgan fingerprint density at radius 3 is 2.65 bits per heavy atom. The van der Waals surface area contributed by atoms with E-state index in [0.717, 1.165) is 32.2 Å². The van der Waals surface area contributed by atoms with Gasteiger partial charge in [0.15, 0.2) is 0 Å². The summed E-state index contributed by atoms with van der Waals surface area (Å²) in [5, 5.41) is 7.80. The Morgan fingerprint density at radius 2 is 1.87 bits per heavy atom. The number of fused-ring (bicyclic) bond motifs is 1. The molecule has 5 heteroatoms. The van der Waals surface area contributed by atoms with Gasteiger partial charge in [0.25, 0.3) is 0 Å². The maximum absolute atomic E-state index is 12.1. The number of hydrogen-bond donors (Lipinski definition) is 2. The highest BCUT2D eigenvalue weighted by molar-refractivity contribution is 9.10. The molecule has 0 unspecified atom stereocenters. The fraction of sp³-hybridized carbons (Fsp3) is 0.111. The van der Waals surface area contributed by atoms with Crippen LogP contribution in [-0.2, 0) is 6.54 Å². The predicted octanol–water partition coefficient (Wildman–Crippen LogP) is 4.63. The lowest BCUT2D eigenvalue weighted by Crippen LogP contribution is -2.28. The summed E-state index contributed by atoms with van der Waals surface area (Å²) in [4.78, 5) is 16.4. The van der Waals surface area contributed by atoms with Crippen molar-refractivity contribution in [2.45, 2.75) is 13.5 Å². The lowest BCUT2D eigenvalue weighted by molar-refractivity contribution is 0.252. The lowest BCUT2D eigenvalue weighted by atomic mass is 10.1. The van der Waals surface area contributed by atoms with Crippen LogP contribution < -0.4 is 10.6 Å². The van der Waals surface area contributed by atoms with E-state index in [1.165, 1.54) is 0 Å². The zero-order valence-electron chi connectivity index (χ0n) is 12.6. The summed E-state index contributed by atoms with van der Waals surface area (Å²) in [5.74, 6) is 0. The van der Waals surface area contributed by atoms with Crippen LogP contribution in [0.2, 0.25) is 0 Å². The molecule has 0 saturated heterocycles. The van der Waals surface area contributed by atoms with Crippen LogP contribution in [0.1, 0.15) is 11.3 Å². The molecule has 116 valence electrons. The number of aryl methyl sites for hydroxylation is 1. The van der Waals surface area contributed by atoms with E-state index in [0.29, 0.717) is 6.54 Å². The normalized spacial score (nSPS) is 10.5. The molecule has 0 aliphatic rings. The molecule has 0 fully saturated rings. The molecule has 2 N–H and O–H groups in total. The largest absolute Gasteiger partial charge is 0.334 e. The van der Waals surface area contributed by atoms with Gasteiger partial charge in [-0.15, -0.1) is 0 Å². The molecule has 4 nitrogen and oxygen atoms in total. The fourth-order valence-corrected chi connectivity index (χ4v) is 2.68. The van der Waals surface area contributed by atoms with Crippen LogP contribution in [0.25, 0.3) is 10.8 Å². The molecule has 0 saturated carbocycles. The summed E-state index contributed by atoms with van der Waals surface area (Å²) in [6, 6.07) is 15.3. The van der Waals surface area contributed by atoms with Gasteiger partial charge < -0.3 is 10.6 Å². The van der Waals surface area contributed by atoms with Crippen molar-refractivity contribution in [2.75, 3.05) is 5.32 Å². The van der Waals surface area contributed by atoms with E-state index in [1.807, 2.05) is 55.5 Å². The van der Waals surface area contributed by atoms with Crippen molar-refractivity contribution in [3.8, 4) is 0 Å². The number of carbonyl (C=O) groups excluding carboxylic acids is 1. The number of rotatable bonds is 3. The smallest absolute Gasteiger partial charge is 0.319 e. The maximum Gasteiger partial charge on any atom is 0.319 e. The summed E-state index contributed by atoms with van der Waals surface area (Å²) >= 11 is 3.39. The molecule has 23 heavy (non-hydrogen) atoms. The van der Waals surface area contributed by atoms with Crippen molar-refractivity contribution in [2.24, 2.45) is 0 Å². The molecule has 1 aromatic heterocycles. The molecule has 0 radical (unpaired) electrons. The first-order valence-corrected chi connectivity index (χ1v) is 8.06. The standard InChI is InChI=1S/C18H16BrN3O/c1-12-15-3-2-4-17(16(15)9-10-20-12)22-18(23)21-11-13-5-7-14(19)8-6-13/h2-10H,11H2,1H3,(H2,21,22,23). The highest BCUT2D eigenvalue weighted by Gasteiger charge is 2.07. The van der Waals surface area contributed by atoms with Gasteiger partial charge in [-0.25, -0.2) is 4.79 Å². The van der Waals surface area contributed by atoms with Crippen LogP contribution in [-0.4, -0.2) is 11.0 Å². The zero-order valence-corrected chi connectivity index (χ0v) is 14.2. The number of carbonyl (C=O) groups is 1. The van der Waals surface area contributed by atoms with Crippen LogP contribution in [0.4, 0.5) is 10.5 Å². The van der Waals surface area contributed by atoms with Crippen molar-refractivity contribution in [3.05, 3.63) is 70.5 Å². The van der Waals surface area contributed by atoms with Gasteiger partial charge in [-0.3, -0.25) is 4.98 Å². The van der Waals surface area contributed by atoms with Gasteiger partial charge in [-0.2, -0.15) is 0 Å². The summed E-state index contributed by atoms with van der Waals surface area (Å²) < 4.78 is 1.02. The Kier molecular flexibility index (Phi) is 4.57. The summed E-state index contributed by atoms with van der Waals surface area (Å²) in [5.41, 5.74) is 2.77. The molecule has 3 aromatic rings. The predicted molar refractivity (Wildman–Crippen MR) is 96.5 cm³/mol. The van der Waals surface area contributed by atoms with Gasteiger partial charge >= 0.3 is 6.03 Å². The average Bonchev–Trinajstić information content (AvgIpc) is 2.55. The highest BCUT2D eigenvalue weighted by atomic mass is 79.9. The van der Waals surface area contributed by atoms with Crippen LogP contribution in [0, 0.1) is 6.92 Å². The van der Waals surface area contributed by atoms with Gasteiger partial charge in [-0.1, -0.05) is 40.2 Å². The lowest BCUT2D eigenvalue weighted by Gasteiger charge is -2.11. The Morgan fingerprint density at radius 1 is 1.09 bits per heavy atom. The first-order valence-electron chi connectivity index (χ1n) is 7.27. The molecule has 0 bridgehead atoms. The number of hydrogen-bond acceptors (Lipinski definition) is 2. The van der Waals surface area contributed by atoms with E-state index in [2.05, 4.69) is 31.5 Å². The first-order chi connectivity index (χ1) is 11.1. The van der Waals surface area contributed by atoms with E-state index in [1.54, 1.807) is 6.20 Å². The average molecular weight is 370 g/mol. The van der Waals surface area contributed by atoms with Gasteiger partial charge in [0, 0.05) is 33.7 Å². The van der Waals surface area contributed by atoms with Crippen LogP contribution in [0.5, 0.6) is 0 Å². The number of benzene rings is 2. The highest BCUT2D eigenvalue weighted by Crippen LogP contribution is 2.24. The summed E-state index contributed by atoms with van der Waals surface area (Å²) in [6.45, 7) is 2.43. The van der Waals surface area contributed by atoms with Crippen molar-refractivity contribution in [3.63, 3.8) is 0 Å². The second-order valence-corrected chi connectivity index (χ2v) is 6.15. The van der Waals surface area contributed by atoms with Crippen LogP contribution >= 0.6 is 15.9 Å². The number of halogens is 1. The molecule has 0 atom stereocenters. The molecule has 1 heterocycles. The molecular weight excluding hydrogens is 354 g/mol. The van der Waals surface area contributed by atoms with Crippen molar-refractivity contribution in [1.82, 2.24) is 10.3 Å². The SMILES string of the molecule is Cc1nccc2c(NC(=O)NCc3ccc(Br)cc3)cccc12. The summed E-state index contributed by atoms with van der Waals surface area (Å²) in [7, 11) is 0. The third kappa shape index (κ3) is 3.68. The number of urea groups is 1. The number of nitrogens with zero attached hydrogens (tertiary/aromatic N) is 1. The molecular formula is C18H16BrN3O. The minimum atomic E-state index is -0.227. The van der Waals surface area contributed by atoms with Crippen LogP contribution in [0.15, 0.2) is 59.2 Å². The second-order valence-electron chi connectivity index (χ2n) is 5.23. The van der Waals surface area contributed by atoms with Crippen molar-refractivity contribution < 1.29 is 4.79 Å². The number of aromatic nitrogens is 1. The van der Waals surface area contributed by atoms with E-state index < -0.39 is 0 Å². The van der Waals surface area contributed by atoms with Crippen LogP contribution in [0.3, 0.4) is 0 Å². The first kappa shape index (κ1) is 15.5. The maximum atomic E-state index is 12.1. The number of pyridine rings is 1. The van der Waals surface area contributed by atoms with Gasteiger partial charge in [0.05, 0.1) is 5.69 Å². The Hall–Kier alpha value is -2.40. The molecule has 0 spiro atoms. The Bertz CT molecular complexity index is 847. The summed E-state index contributed by atoms with van der Waals surface area (Å²) in [6.07, 6.45) is 1.75. The number of nitrogens with one attached hydrogen (secondary N) is 2. The Balaban J connectivity index is 1.71. The zero-order chi connectivity index (χ0) is 16.2. The van der Waals surface area contributed by atoms with E-state index in [9.17, 15) is 4.79 Å². The number of anilines is 1. The topological polar surface area (TPSA) is 54.0 Å². The fourth-order valence-electron chi connectivity index (χ4n) is 2.41. The van der Waals surface area contributed by atoms with Gasteiger partial charge in [0.2, 0.25) is 0 Å². The number of amides is 2. The molecule has 3 rings (SSSR count). The molecule has 2 aromatic carbocycles. The quantitative estimate of drug-likeness (QED) is 0.707. The minimum Gasteiger partial charge on any atom is -0.334 e. The molecule has 0 aliphatic carbocycles. The molecule has 2 amide bonds. The minimum absolute atomic E-state index is 0.227. The third-order valence-electron chi connectivity index (χ3n) is 3.62. The van der Waals surface area contributed by atoms with Crippen molar-refractivity contribution in [1.29, 1.82) is 0 Å². The van der Waals surface area contributed by atoms with Gasteiger partial charge in [-0.05, 0) is 36.8 Å². The molecule has 0 aliphatic heterocycles. The monoisotopic (exact) mass is 369 g/mol. The van der Waals surface area contributed by atoms with E-state index in [-0.39, 0.29) is 6.03 Å². The third-order valence-corrected chi connectivity index (χ3v) is 4.15. The second kappa shape index (κ2) is 6.79. The van der Waals surface area contributed by atoms with Crippen molar-refractivity contribution >= 4 is 38.4 Å². The van der Waals surface area contributed by atoms with Gasteiger partial charge in [0.1, 0.15) is 0 Å².